The smallest absolute Gasteiger partial charge is 0.303 e. The number of carbonyl (C=O) groups is 1. The largest absolute Gasteiger partial charge is 0.454 e. The topological polar surface area (TPSA) is 38.3 Å². The highest BCUT2D eigenvalue weighted by Crippen LogP contribution is 2.45. The van der Waals surface area contributed by atoms with Gasteiger partial charge in [0.2, 0.25) is 0 Å². The predicted molar refractivity (Wildman–Crippen MR) is 102 cm³/mol. The highest BCUT2D eigenvalue weighted by Gasteiger charge is 2.43. The quantitative estimate of drug-likeness (QED) is 0.712. The summed E-state index contributed by atoms with van der Waals surface area (Å²) in [5, 5.41) is 3.33. The first-order chi connectivity index (χ1) is 12.0. The molecule has 0 radical (unpaired) electrons. The van der Waals surface area contributed by atoms with Crippen LogP contribution in [0.15, 0.2) is 60.7 Å². The molecule has 3 nitrogen and oxygen atoms in total. The van der Waals surface area contributed by atoms with Crippen molar-refractivity contribution in [3.8, 4) is 0 Å². The molecule has 3 unspecified atom stereocenters. The van der Waals surface area contributed by atoms with Crippen molar-refractivity contribution in [1.82, 2.24) is 5.32 Å². The Labute approximate surface area is 151 Å². The number of nitrogens with one attached hydrogen (secondary N) is 1. The maximum Gasteiger partial charge on any atom is 0.303 e. The second-order valence-corrected chi connectivity index (χ2v) is 6.59. The Balaban J connectivity index is 2.61. The molecule has 0 aliphatic carbocycles. The molecule has 0 fully saturated rings. The summed E-state index contributed by atoms with van der Waals surface area (Å²) in [5.74, 6) is -0.184. The van der Waals surface area contributed by atoms with E-state index in [1.807, 2.05) is 43.4 Å². The summed E-state index contributed by atoms with van der Waals surface area (Å²) in [4.78, 5) is 12.0. The summed E-state index contributed by atoms with van der Waals surface area (Å²) in [6.07, 6.45) is 1.59. The third-order valence-electron chi connectivity index (χ3n) is 4.96. The number of carbonyl (C=O) groups excluding carboxylic acids is 1. The number of benzene rings is 2. The van der Waals surface area contributed by atoms with Gasteiger partial charge in [0.15, 0.2) is 0 Å². The van der Waals surface area contributed by atoms with Crippen molar-refractivity contribution in [3.05, 3.63) is 71.8 Å². The lowest BCUT2D eigenvalue weighted by Gasteiger charge is -2.41. The molecule has 2 aromatic rings. The van der Waals surface area contributed by atoms with Crippen LogP contribution in [0.2, 0.25) is 0 Å². The van der Waals surface area contributed by atoms with Crippen LogP contribution in [0.5, 0.6) is 0 Å². The van der Waals surface area contributed by atoms with Crippen LogP contribution in [-0.4, -0.2) is 19.1 Å². The van der Waals surface area contributed by atoms with Crippen LogP contribution in [0.4, 0.5) is 0 Å². The molecule has 25 heavy (non-hydrogen) atoms. The van der Waals surface area contributed by atoms with E-state index < -0.39 is 5.60 Å². The number of ether oxygens (including phenoxy) is 1. The van der Waals surface area contributed by atoms with Crippen LogP contribution < -0.4 is 5.32 Å². The van der Waals surface area contributed by atoms with Gasteiger partial charge < -0.3 is 10.1 Å². The van der Waals surface area contributed by atoms with Crippen LogP contribution in [0.1, 0.15) is 50.7 Å². The van der Waals surface area contributed by atoms with E-state index in [-0.39, 0.29) is 11.9 Å². The van der Waals surface area contributed by atoms with E-state index in [2.05, 4.69) is 43.4 Å². The molecule has 0 spiro atoms. The van der Waals surface area contributed by atoms with Crippen LogP contribution in [-0.2, 0) is 15.1 Å². The average Bonchev–Trinajstić information content (AvgIpc) is 2.65. The Morgan fingerprint density at radius 3 is 2.12 bits per heavy atom. The van der Waals surface area contributed by atoms with Gasteiger partial charge in [-0.05, 0) is 37.9 Å². The van der Waals surface area contributed by atoms with Crippen molar-refractivity contribution in [2.45, 2.75) is 51.2 Å². The number of esters is 1. The second kappa shape index (κ2) is 8.82. The third kappa shape index (κ3) is 4.49. The van der Waals surface area contributed by atoms with E-state index in [1.165, 1.54) is 12.5 Å². The Kier molecular flexibility index (Phi) is 6.77. The summed E-state index contributed by atoms with van der Waals surface area (Å²) in [6.45, 7) is 5.75. The van der Waals surface area contributed by atoms with Crippen LogP contribution in [0, 0.1) is 0 Å². The van der Waals surface area contributed by atoms with Crippen LogP contribution >= 0.6 is 0 Å². The van der Waals surface area contributed by atoms with Gasteiger partial charge in [0, 0.05) is 18.9 Å². The van der Waals surface area contributed by atoms with Crippen molar-refractivity contribution in [2.75, 3.05) is 7.05 Å². The molecule has 0 aliphatic heterocycles. The van der Waals surface area contributed by atoms with Gasteiger partial charge >= 0.3 is 5.97 Å². The molecule has 0 bridgehead atoms. The Morgan fingerprint density at radius 1 is 1.08 bits per heavy atom. The van der Waals surface area contributed by atoms with Crippen LogP contribution in [0.3, 0.4) is 0 Å². The maximum atomic E-state index is 12.0. The monoisotopic (exact) mass is 339 g/mol. The fourth-order valence-corrected chi connectivity index (χ4v) is 3.58. The molecular formula is C22H29NO2. The summed E-state index contributed by atoms with van der Waals surface area (Å²) in [5.41, 5.74) is 1.56. The zero-order valence-corrected chi connectivity index (χ0v) is 15.7. The zero-order chi connectivity index (χ0) is 18.3. The molecule has 0 aliphatic rings. The van der Waals surface area contributed by atoms with Gasteiger partial charge in [-0.1, -0.05) is 67.6 Å². The zero-order valence-electron chi connectivity index (χ0n) is 15.7. The van der Waals surface area contributed by atoms with Crippen molar-refractivity contribution in [2.24, 2.45) is 0 Å². The van der Waals surface area contributed by atoms with E-state index in [1.54, 1.807) is 0 Å². The molecule has 134 valence electrons. The van der Waals surface area contributed by atoms with E-state index in [0.717, 1.165) is 12.0 Å². The van der Waals surface area contributed by atoms with Crippen molar-refractivity contribution in [1.29, 1.82) is 0 Å². The fraction of sp³-hybridized carbons (Fsp3) is 0.409. The summed E-state index contributed by atoms with van der Waals surface area (Å²) < 4.78 is 6.07. The summed E-state index contributed by atoms with van der Waals surface area (Å²) in [6, 6.07) is 20.8. The van der Waals surface area contributed by atoms with E-state index >= 15 is 0 Å². The van der Waals surface area contributed by atoms with Crippen LogP contribution in [0.25, 0.3) is 0 Å². The van der Waals surface area contributed by atoms with E-state index in [0.29, 0.717) is 12.5 Å². The van der Waals surface area contributed by atoms with Gasteiger partial charge in [-0.25, -0.2) is 0 Å². The molecule has 0 heterocycles. The fourth-order valence-electron chi connectivity index (χ4n) is 3.58. The number of hydrogen-bond donors (Lipinski definition) is 1. The first-order valence-corrected chi connectivity index (χ1v) is 9.00. The molecule has 1 N–H and O–H groups in total. The molecule has 3 heteroatoms. The Morgan fingerprint density at radius 2 is 1.64 bits per heavy atom. The van der Waals surface area contributed by atoms with Crippen molar-refractivity contribution in [3.63, 3.8) is 0 Å². The number of rotatable bonds is 8. The molecular weight excluding hydrogens is 310 g/mol. The third-order valence-corrected chi connectivity index (χ3v) is 4.96. The lowest BCUT2D eigenvalue weighted by Crippen LogP contribution is -2.40. The van der Waals surface area contributed by atoms with Gasteiger partial charge in [0.25, 0.3) is 0 Å². The minimum absolute atomic E-state index is 0.0625. The molecule has 0 amide bonds. The van der Waals surface area contributed by atoms with E-state index in [9.17, 15) is 4.79 Å². The lowest BCUT2D eigenvalue weighted by atomic mass is 9.72. The lowest BCUT2D eigenvalue weighted by molar-refractivity contribution is -0.162. The van der Waals surface area contributed by atoms with Gasteiger partial charge in [0.1, 0.15) is 5.60 Å². The molecule has 2 rings (SSSR count). The predicted octanol–water partition coefficient (Wildman–Crippen LogP) is 4.64. The Bertz CT molecular complexity index is 656. The molecule has 0 saturated heterocycles. The molecule has 2 aromatic carbocycles. The SMILES string of the molecule is CCC(OC(C)=O)(c1ccccc1)C(CC(C)NC)c1ccccc1. The van der Waals surface area contributed by atoms with Gasteiger partial charge in [-0.15, -0.1) is 0 Å². The minimum Gasteiger partial charge on any atom is -0.454 e. The van der Waals surface area contributed by atoms with Crippen molar-refractivity contribution >= 4 is 5.97 Å². The summed E-state index contributed by atoms with van der Waals surface area (Å²) >= 11 is 0. The molecule has 3 atom stereocenters. The van der Waals surface area contributed by atoms with Gasteiger partial charge in [0.05, 0.1) is 0 Å². The standard InChI is InChI=1S/C22H29NO2/c1-5-22(25-18(3)24,20-14-10-7-11-15-20)21(16-17(2)23-4)19-12-8-6-9-13-19/h6-15,17,21,23H,5,16H2,1-4H3. The maximum absolute atomic E-state index is 12.0. The van der Waals surface area contributed by atoms with Gasteiger partial charge in [-0.3, -0.25) is 4.79 Å². The first kappa shape index (κ1) is 19.2. The minimum atomic E-state index is -0.681. The highest BCUT2D eigenvalue weighted by molar-refractivity contribution is 5.67. The first-order valence-electron chi connectivity index (χ1n) is 9.00. The second-order valence-electron chi connectivity index (χ2n) is 6.59. The number of hydrogen-bond acceptors (Lipinski definition) is 3. The van der Waals surface area contributed by atoms with Crippen molar-refractivity contribution < 1.29 is 9.53 Å². The normalized spacial score (nSPS) is 15.8. The van der Waals surface area contributed by atoms with Gasteiger partial charge in [-0.2, -0.15) is 0 Å². The average molecular weight is 339 g/mol. The highest BCUT2D eigenvalue weighted by atomic mass is 16.6. The Hall–Kier alpha value is -2.13. The molecule has 0 aromatic heterocycles. The summed E-state index contributed by atoms with van der Waals surface area (Å²) in [7, 11) is 1.97. The van der Waals surface area contributed by atoms with E-state index in [4.69, 9.17) is 4.74 Å². The molecule has 0 saturated carbocycles.